The van der Waals surface area contributed by atoms with Gasteiger partial charge in [-0.2, -0.15) is 0 Å². The molecule has 2 aromatic rings. The first-order valence-electron chi connectivity index (χ1n) is 8.29. The summed E-state index contributed by atoms with van der Waals surface area (Å²) in [6.45, 7) is 9.61. The zero-order valence-electron chi connectivity index (χ0n) is 15.1. The number of nitrogens with one attached hydrogen (secondary N) is 3. The van der Waals surface area contributed by atoms with Crippen LogP contribution in [0.15, 0.2) is 29.3 Å². The van der Waals surface area contributed by atoms with E-state index in [0.29, 0.717) is 13.1 Å². The zero-order valence-corrected chi connectivity index (χ0v) is 16.0. The molecule has 0 atom stereocenters. The van der Waals surface area contributed by atoms with Crippen LogP contribution in [0.2, 0.25) is 0 Å². The minimum Gasteiger partial charge on any atom is -0.357 e. The van der Waals surface area contributed by atoms with Crippen molar-refractivity contribution in [1.29, 1.82) is 0 Å². The SMILES string of the molecule is CCNC(=NCc1cccc(NC(C)=O)c1)NCc1sc(C)nc1C. The van der Waals surface area contributed by atoms with Crippen molar-refractivity contribution in [3.63, 3.8) is 0 Å². The third-order valence-corrected chi connectivity index (χ3v) is 4.50. The number of nitrogens with zero attached hydrogens (tertiary/aromatic N) is 2. The van der Waals surface area contributed by atoms with Crippen molar-refractivity contribution in [3.8, 4) is 0 Å². The third-order valence-electron chi connectivity index (χ3n) is 3.43. The Balaban J connectivity index is 2.01. The zero-order chi connectivity index (χ0) is 18.2. The van der Waals surface area contributed by atoms with Crippen LogP contribution in [-0.2, 0) is 17.9 Å². The third kappa shape index (κ3) is 6.19. The van der Waals surface area contributed by atoms with Crippen molar-refractivity contribution in [1.82, 2.24) is 15.6 Å². The lowest BCUT2D eigenvalue weighted by molar-refractivity contribution is -0.114. The first-order valence-corrected chi connectivity index (χ1v) is 9.11. The molecular weight excluding hydrogens is 334 g/mol. The first-order chi connectivity index (χ1) is 12.0. The summed E-state index contributed by atoms with van der Waals surface area (Å²) in [6.07, 6.45) is 0. The minimum atomic E-state index is -0.0779. The average molecular weight is 359 g/mol. The van der Waals surface area contributed by atoms with Gasteiger partial charge in [0, 0.05) is 24.0 Å². The molecule has 2 rings (SSSR count). The summed E-state index contributed by atoms with van der Waals surface area (Å²) >= 11 is 1.70. The number of benzene rings is 1. The smallest absolute Gasteiger partial charge is 0.221 e. The fraction of sp³-hybridized carbons (Fsp3) is 0.389. The fourth-order valence-corrected chi connectivity index (χ4v) is 3.24. The molecule has 0 unspecified atom stereocenters. The van der Waals surface area contributed by atoms with Crippen LogP contribution in [0.25, 0.3) is 0 Å². The number of rotatable bonds is 6. The number of carbonyl (C=O) groups excluding carboxylic acids is 1. The lowest BCUT2D eigenvalue weighted by Gasteiger charge is -2.11. The Morgan fingerprint density at radius 3 is 2.72 bits per heavy atom. The first kappa shape index (κ1) is 18.9. The van der Waals surface area contributed by atoms with Crippen molar-refractivity contribution in [2.24, 2.45) is 4.99 Å². The second-order valence-electron chi connectivity index (χ2n) is 5.67. The Bertz CT molecular complexity index is 754. The lowest BCUT2D eigenvalue weighted by Crippen LogP contribution is -2.36. The fourth-order valence-electron chi connectivity index (χ4n) is 2.36. The Kier molecular flexibility index (Phi) is 6.94. The van der Waals surface area contributed by atoms with Crippen LogP contribution in [0, 0.1) is 13.8 Å². The van der Waals surface area contributed by atoms with Crippen molar-refractivity contribution < 1.29 is 4.79 Å². The molecule has 134 valence electrons. The normalized spacial score (nSPS) is 11.3. The van der Waals surface area contributed by atoms with Gasteiger partial charge < -0.3 is 16.0 Å². The highest BCUT2D eigenvalue weighted by atomic mass is 32.1. The van der Waals surface area contributed by atoms with E-state index in [1.807, 2.05) is 45.0 Å². The molecule has 0 aliphatic heterocycles. The molecule has 0 saturated heterocycles. The molecule has 0 radical (unpaired) electrons. The van der Waals surface area contributed by atoms with E-state index in [1.54, 1.807) is 11.3 Å². The summed E-state index contributed by atoms with van der Waals surface area (Å²) in [5.74, 6) is 0.684. The average Bonchev–Trinajstić information content (AvgIpc) is 2.87. The van der Waals surface area contributed by atoms with Gasteiger partial charge in [0.1, 0.15) is 0 Å². The van der Waals surface area contributed by atoms with Gasteiger partial charge in [0.05, 0.1) is 23.8 Å². The van der Waals surface area contributed by atoms with Crippen LogP contribution < -0.4 is 16.0 Å². The van der Waals surface area contributed by atoms with Gasteiger partial charge in [-0.15, -0.1) is 11.3 Å². The van der Waals surface area contributed by atoms with Gasteiger partial charge in [-0.1, -0.05) is 12.1 Å². The molecule has 1 aromatic carbocycles. The van der Waals surface area contributed by atoms with E-state index < -0.39 is 0 Å². The highest BCUT2D eigenvalue weighted by molar-refractivity contribution is 7.11. The highest BCUT2D eigenvalue weighted by Crippen LogP contribution is 2.16. The van der Waals surface area contributed by atoms with Crippen LogP contribution in [0.1, 0.15) is 35.0 Å². The second kappa shape index (κ2) is 9.17. The second-order valence-corrected chi connectivity index (χ2v) is 6.96. The highest BCUT2D eigenvalue weighted by Gasteiger charge is 2.06. The van der Waals surface area contributed by atoms with Crippen LogP contribution in [0.3, 0.4) is 0 Å². The Hall–Kier alpha value is -2.41. The Labute approximate surface area is 152 Å². The number of guanidine groups is 1. The minimum absolute atomic E-state index is 0.0779. The maximum atomic E-state index is 11.2. The van der Waals surface area contributed by atoms with E-state index in [4.69, 9.17) is 0 Å². The Morgan fingerprint density at radius 2 is 2.08 bits per heavy atom. The van der Waals surface area contributed by atoms with Crippen LogP contribution in [0.5, 0.6) is 0 Å². The summed E-state index contributed by atoms with van der Waals surface area (Å²) in [5, 5.41) is 10.5. The lowest BCUT2D eigenvalue weighted by atomic mass is 10.2. The molecule has 3 N–H and O–H groups in total. The summed E-state index contributed by atoms with van der Waals surface area (Å²) in [4.78, 5) is 21.4. The van der Waals surface area contributed by atoms with E-state index in [9.17, 15) is 4.79 Å². The summed E-state index contributed by atoms with van der Waals surface area (Å²) in [6, 6.07) is 7.72. The maximum absolute atomic E-state index is 11.2. The number of aryl methyl sites for hydroxylation is 2. The molecule has 1 heterocycles. The van der Waals surface area contributed by atoms with Gasteiger partial charge in [0.2, 0.25) is 5.91 Å². The summed E-state index contributed by atoms with van der Waals surface area (Å²) < 4.78 is 0. The molecule has 6 nitrogen and oxygen atoms in total. The van der Waals surface area contributed by atoms with Gasteiger partial charge in [-0.25, -0.2) is 9.98 Å². The molecule has 0 saturated carbocycles. The monoisotopic (exact) mass is 359 g/mol. The molecule has 0 fully saturated rings. The van der Waals surface area contributed by atoms with Gasteiger partial charge >= 0.3 is 0 Å². The van der Waals surface area contributed by atoms with Gasteiger partial charge in [0.15, 0.2) is 5.96 Å². The maximum Gasteiger partial charge on any atom is 0.221 e. The molecule has 7 heteroatoms. The van der Waals surface area contributed by atoms with E-state index >= 15 is 0 Å². The predicted octanol–water partition coefficient (Wildman–Crippen LogP) is 2.97. The summed E-state index contributed by atoms with van der Waals surface area (Å²) in [7, 11) is 0. The van der Waals surface area contributed by atoms with E-state index in [1.165, 1.54) is 11.8 Å². The number of carbonyl (C=O) groups is 1. The molecular formula is C18H25N5OS. The standard InChI is InChI=1S/C18H25N5OS/c1-5-19-18(21-11-17-12(2)22-14(4)25-17)20-10-15-7-6-8-16(9-15)23-13(3)24/h6-9H,5,10-11H2,1-4H3,(H,23,24)(H2,19,20,21). The van der Waals surface area contributed by atoms with E-state index in [2.05, 4.69) is 25.9 Å². The number of aliphatic imine (C=N–C) groups is 1. The summed E-state index contributed by atoms with van der Waals surface area (Å²) in [5.41, 5.74) is 2.89. The molecule has 0 aliphatic carbocycles. The number of aromatic nitrogens is 1. The largest absolute Gasteiger partial charge is 0.357 e. The molecule has 1 aromatic heterocycles. The van der Waals surface area contributed by atoms with E-state index in [-0.39, 0.29) is 5.91 Å². The van der Waals surface area contributed by atoms with Crippen molar-refractivity contribution in [2.75, 3.05) is 11.9 Å². The van der Waals surface area contributed by atoms with Gasteiger partial charge in [-0.3, -0.25) is 4.79 Å². The van der Waals surface area contributed by atoms with E-state index in [0.717, 1.165) is 34.5 Å². The number of amides is 1. The van der Waals surface area contributed by atoms with Crippen molar-refractivity contribution >= 4 is 28.9 Å². The topological polar surface area (TPSA) is 78.4 Å². The molecule has 0 bridgehead atoms. The van der Waals surface area contributed by atoms with Crippen LogP contribution in [-0.4, -0.2) is 23.4 Å². The number of hydrogen-bond donors (Lipinski definition) is 3. The van der Waals surface area contributed by atoms with Crippen molar-refractivity contribution in [3.05, 3.63) is 45.4 Å². The van der Waals surface area contributed by atoms with Crippen LogP contribution >= 0.6 is 11.3 Å². The Morgan fingerprint density at radius 1 is 1.28 bits per heavy atom. The van der Waals surface area contributed by atoms with Gasteiger partial charge in [0.25, 0.3) is 0 Å². The molecule has 0 spiro atoms. The molecule has 1 amide bonds. The number of anilines is 1. The molecule has 0 aliphatic rings. The van der Waals surface area contributed by atoms with Crippen molar-refractivity contribution in [2.45, 2.75) is 40.8 Å². The quantitative estimate of drug-likeness (QED) is 0.547. The van der Waals surface area contributed by atoms with Gasteiger partial charge in [-0.05, 0) is 38.5 Å². The van der Waals surface area contributed by atoms with Crippen LogP contribution in [0.4, 0.5) is 5.69 Å². The number of thiazole rings is 1. The molecule has 25 heavy (non-hydrogen) atoms. The number of hydrogen-bond acceptors (Lipinski definition) is 4. The predicted molar refractivity (Wildman–Crippen MR) is 104 cm³/mol.